The van der Waals surface area contributed by atoms with Crippen LogP contribution in [0.3, 0.4) is 0 Å². The number of aliphatic imine (C=N–C) groups is 1. The van der Waals surface area contributed by atoms with Crippen molar-refractivity contribution in [2.45, 2.75) is 39.8 Å². The highest BCUT2D eigenvalue weighted by Crippen LogP contribution is 2.25. The monoisotopic (exact) mass is 543 g/mol. The van der Waals surface area contributed by atoms with Crippen LogP contribution in [0.4, 0.5) is 0 Å². The molecule has 7 heteroatoms. The number of rotatable bonds is 6. The molecule has 2 saturated heterocycles. The van der Waals surface area contributed by atoms with Gasteiger partial charge in [0.2, 0.25) is 0 Å². The van der Waals surface area contributed by atoms with Crippen LogP contribution in [0.15, 0.2) is 29.3 Å². The van der Waals surface area contributed by atoms with Gasteiger partial charge in [-0.05, 0) is 37.9 Å². The van der Waals surface area contributed by atoms with Gasteiger partial charge in [-0.2, -0.15) is 0 Å². The number of halogens is 1. The van der Waals surface area contributed by atoms with E-state index in [0.29, 0.717) is 12.0 Å². The lowest BCUT2D eigenvalue weighted by Crippen LogP contribution is -2.52. The van der Waals surface area contributed by atoms with Crippen molar-refractivity contribution in [1.29, 1.82) is 0 Å². The summed E-state index contributed by atoms with van der Waals surface area (Å²) in [6.45, 7) is 17.7. The fourth-order valence-electron chi connectivity index (χ4n) is 4.49. The molecular formula is C24H42IN5O. The molecule has 0 amide bonds. The number of hydrogen-bond donors (Lipinski definition) is 1. The van der Waals surface area contributed by atoms with Crippen molar-refractivity contribution in [2.75, 3.05) is 66.0 Å². The van der Waals surface area contributed by atoms with E-state index in [1.807, 2.05) is 0 Å². The maximum absolute atomic E-state index is 6.14. The van der Waals surface area contributed by atoms with E-state index in [1.165, 1.54) is 11.1 Å². The zero-order valence-corrected chi connectivity index (χ0v) is 22.3. The van der Waals surface area contributed by atoms with Gasteiger partial charge in [-0.15, -0.1) is 24.0 Å². The number of benzene rings is 1. The van der Waals surface area contributed by atoms with Crippen LogP contribution < -0.4 is 5.32 Å². The summed E-state index contributed by atoms with van der Waals surface area (Å²) < 4.78 is 6.14. The SMILES string of the molecule is CCNC(=NCC(C(C)C)N1CCN(C)CC1)N1CCOC(c2ccccc2C)C1.I. The molecule has 0 spiro atoms. The van der Waals surface area contributed by atoms with Crippen LogP contribution in [0.25, 0.3) is 0 Å². The van der Waals surface area contributed by atoms with Gasteiger partial charge in [0.15, 0.2) is 5.96 Å². The summed E-state index contributed by atoms with van der Waals surface area (Å²) in [5.74, 6) is 1.61. The third-order valence-electron chi connectivity index (χ3n) is 6.44. The van der Waals surface area contributed by atoms with Crippen molar-refractivity contribution in [2.24, 2.45) is 10.9 Å². The van der Waals surface area contributed by atoms with Gasteiger partial charge < -0.3 is 19.9 Å². The van der Waals surface area contributed by atoms with Crippen molar-refractivity contribution < 1.29 is 4.74 Å². The van der Waals surface area contributed by atoms with Gasteiger partial charge in [0.25, 0.3) is 0 Å². The first-order valence-corrected chi connectivity index (χ1v) is 11.6. The van der Waals surface area contributed by atoms with Crippen molar-refractivity contribution in [1.82, 2.24) is 20.0 Å². The van der Waals surface area contributed by atoms with E-state index in [2.05, 4.69) is 79.0 Å². The standard InChI is InChI=1S/C24H41N5O.HI/c1-6-25-24(26-17-22(19(2)3)28-13-11-27(5)12-14-28)29-15-16-30-23(18-29)21-10-8-7-9-20(21)4;/h7-10,19,22-23H,6,11-18H2,1-5H3,(H,25,26);1H. The zero-order valence-electron chi connectivity index (χ0n) is 20.0. The molecule has 2 heterocycles. The van der Waals surface area contributed by atoms with E-state index < -0.39 is 0 Å². The summed E-state index contributed by atoms with van der Waals surface area (Å²) >= 11 is 0. The van der Waals surface area contributed by atoms with Gasteiger partial charge in [-0.25, -0.2) is 0 Å². The number of likely N-dealkylation sites (N-methyl/N-ethyl adjacent to an activating group) is 1. The number of morpholine rings is 1. The first-order chi connectivity index (χ1) is 14.5. The Balaban J connectivity index is 0.00000341. The predicted octanol–water partition coefficient (Wildman–Crippen LogP) is 3.22. The fraction of sp³-hybridized carbons (Fsp3) is 0.708. The van der Waals surface area contributed by atoms with E-state index in [1.54, 1.807) is 0 Å². The molecule has 1 N–H and O–H groups in total. The minimum Gasteiger partial charge on any atom is -0.370 e. The third-order valence-corrected chi connectivity index (χ3v) is 6.44. The molecule has 2 aliphatic rings. The normalized spacial score (nSPS) is 22.3. The van der Waals surface area contributed by atoms with E-state index in [4.69, 9.17) is 9.73 Å². The summed E-state index contributed by atoms with van der Waals surface area (Å²) in [7, 11) is 2.21. The molecule has 1 aromatic carbocycles. The molecule has 176 valence electrons. The minimum absolute atomic E-state index is 0. The largest absolute Gasteiger partial charge is 0.370 e. The number of nitrogens with one attached hydrogen (secondary N) is 1. The van der Waals surface area contributed by atoms with E-state index >= 15 is 0 Å². The summed E-state index contributed by atoms with van der Waals surface area (Å²) in [5.41, 5.74) is 2.58. The lowest BCUT2D eigenvalue weighted by molar-refractivity contribution is -0.00842. The molecule has 2 atom stereocenters. The Bertz CT molecular complexity index is 690. The third kappa shape index (κ3) is 7.30. The van der Waals surface area contributed by atoms with E-state index in [0.717, 1.165) is 64.9 Å². The molecule has 2 fully saturated rings. The Morgan fingerprint density at radius 1 is 1.16 bits per heavy atom. The number of guanidine groups is 1. The lowest BCUT2D eigenvalue weighted by Gasteiger charge is -2.40. The lowest BCUT2D eigenvalue weighted by atomic mass is 10.0. The maximum atomic E-state index is 6.14. The zero-order chi connectivity index (χ0) is 21.5. The molecule has 0 aromatic heterocycles. The highest BCUT2D eigenvalue weighted by molar-refractivity contribution is 14.0. The number of aryl methyl sites for hydroxylation is 1. The molecule has 0 radical (unpaired) electrons. The molecule has 3 rings (SSSR count). The molecule has 1 aromatic rings. The fourth-order valence-corrected chi connectivity index (χ4v) is 4.49. The van der Waals surface area contributed by atoms with Crippen LogP contribution in [0.1, 0.15) is 38.0 Å². The van der Waals surface area contributed by atoms with Gasteiger partial charge in [0, 0.05) is 45.3 Å². The second kappa shape index (κ2) is 13.0. The molecular weight excluding hydrogens is 501 g/mol. The van der Waals surface area contributed by atoms with Crippen molar-refractivity contribution in [3.05, 3.63) is 35.4 Å². The second-order valence-electron chi connectivity index (χ2n) is 9.01. The Morgan fingerprint density at radius 2 is 1.87 bits per heavy atom. The smallest absolute Gasteiger partial charge is 0.194 e. The van der Waals surface area contributed by atoms with Crippen LogP contribution in [-0.4, -0.2) is 92.7 Å². The molecule has 6 nitrogen and oxygen atoms in total. The minimum atomic E-state index is 0. The Hall–Kier alpha value is -0.900. The van der Waals surface area contributed by atoms with Gasteiger partial charge in [0.1, 0.15) is 6.10 Å². The molecule has 2 unspecified atom stereocenters. The summed E-state index contributed by atoms with van der Waals surface area (Å²) in [6, 6.07) is 9.04. The predicted molar refractivity (Wildman–Crippen MR) is 141 cm³/mol. The van der Waals surface area contributed by atoms with Crippen LogP contribution in [0.5, 0.6) is 0 Å². The molecule has 0 bridgehead atoms. The second-order valence-corrected chi connectivity index (χ2v) is 9.01. The van der Waals surface area contributed by atoms with Crippen molar-refractivity contribution in [3.8, 4) is 0 Å². The summed E-state index contributed by atoms with van der Waals surface area (Å²) in [4.78, 5) is 12.6. The van der Waals surface area contributed by atoms with Crippen LogP contribution in [0.2, 0.25) is 0 Å². The molecule has 2 aliphatic heterocycles. The number of nitrogens with zero attached hydrogens (tertiary/aromatic N) is 4. The van der Waals surface area contributed by atoms with Crippen LogP contribution in [-0.2, 0) is 4.74 Å². The summed E-state index contributed by atoms with van der Waals surface area (Å²) in [5, 5.41) is 3.54. The molecule has 0 aliphatic carbocycles. The van der Waals surface area contributed by atoms with Crippen LogP contribution in [0, 0.1) is 12.8 Å². The van der Waals surface area contributed by atoms with Crippen molar-refractivity contribution in [3.63, 3.8) is 0 Å². The highest BCUT2D eigenvalue weighted by Gasteiger charge is 2.27. The summed E-state index contributed by atoms with van der Waals surface area (Å²) in [6.07, 6.45) is 0.0994. The van der Waals surface area contributed by atoms with Gasteiger partial charge in [-0.1, -0.05) is 38.1 Å². The highest BCUT2D eigenvalue weighted by atomic mass is 127. The first kappa shape index (κ1) is 26.4. The average Bonchev–Trinajstić information content (AvgIpc) is 2.74. The molecule has 0 saturated carbocycles. The van der Waals surface area contributed by atoms with Gasteiger partial charge in [0.05, 0.1) is 19.7 Å². The first-order valence-electron chi connectivity index (χ1n) is 11.6. The van der Waals surface area contributed by atoms with Crippen LogP contribution >= 0.6 is 24.0 Å². The number of ether oxygens (including phenoxy) is 1. The van der Waals surface area contributed by atoms with Crippen molar-refractivity contribution >= 4 is 29.9 Å². The average molecular weight is 544 g/mol. The molecule has 31 heavy (non-hydrogen) atoms. The Labute approximate surface area is 206 Å². The Kier molecular flexibility index (Phi) is 11.0. The quantitative estimate of drug-likeness (QED) is 0.339. The topological polar surface area (TPSA) is 43.3 Å². The van der Waals surface area contributed by atoms with E-state index in [-0.39, 0.29) is 30.1 Å². The van der Waals surface area contributed by atoms with Gasteiger partial charge in [-0.3, -0.25) is 9.89 Å². The van der Waals surface area contributed by atoms with Gasteiger partial charge >= 0.3 is 0 Å². The van der Waals surface area contributed by atoms with E-state index in [9.17, 15) is 0 Å². The number of hydrogen-bond acceptors (Lipinski definition) is 4. The number of piperazine rings is 1. The maximum Gasteiger partial charge on any atom is 0.194 e. The Morgan fingerprint density at radius 3 is 2.52 bits per heavy atom.